The Balaban J connectivity index is 1.58. The van der Waals surface area contributed by atoms with Gasteiger partial charge in [-0.05, 0) is 62.1 Å². The second-order valence-electron chi connectivity index (χ2n) is 7.22. The molecule has 0 spiro atoms. The highest BCUT2D eigenvalue weighted by Gasteiger charge is 2.35. The minimum Gasteiger partial charge on any atom is -0.337 e. The maximum atomic E-state index is 12.5. The van der Waals surface area contributed by atoms with Crippen LogP contribution >= 0.6 is 23.4 Å². The molecule has 1 N–H and O–H groups in total. The van der Waals surface area contributed by atoms with Gasteiger partial charge in [0.25, 0.3) is 0 Å². The lowest BCUT2D eigenvalue weighted by Crippen LogP contribution is -2.45. The van der Waals surface area contributed by atoms with Crippen LogP contribution in [-0.4, -0.2) is 32.0 Å². The summed E-state index contributed by atoms with van der Waals surface area (Å²) in [4.78, 5) is 12.5. The Bertz CT molecular complexity index is 1070. The smallest absolute Gasteiger partial charge is 0.231 e. The van der Waals surface area contributed by atoms with Crippen molar-refractivity contribution in [3.05, 3.63) is 59.6 Å². The number of carbonyl (C=O) groups is 1. The van der Waals surface area contributed by atoms with Crippen molar-refractivity contribution in [2.24, 2.45) is 0 Å². The normalized spacial score (nSPS) is 14.9. The molecule has 1 saturated carbocycles. The average Bonchev–Trinajstić information content (AvgIpc) is 3.41. The number of nitrogens with zero attached hydrogens (tertiary/aromatic N) is 4. The predicted octanol–water partition coefficient (Wildman–Crippen LogP) is 4.63. The van der Waals surface area contributed by atoms with Gasteiger partial charge in [0, 0.05) is 16.3 Å². The van der Waals surface area contributed by atoms with E-state index in [0.29, 0.717) is 28.8 Å². The van der Waals surface area contributed by atoms with Crippen LogP contribution in [0.4, 0.5) is 0 Å². The number of halogens is 1. The zero-order valence-corrected chi connectivity index (χ0v) is 17.8. The number of aromatic nitrogens is 3. The highest BCUT2D eigenvalue weighted by atomic mass is 35.5. The molecule has 1 aliphatic carbocycles. The van der Waals surface area contributed by atoms with Crippen LogP contribution in [0.5, 0.6) is 0 Å². The second kappa shape index (κ2) is 8.90. The molecule has 0 radical (unpaired) electrons. The van der Waals surface area contributed by atoms with E-state index in [1.165, 1.54) is 11.8 Å². The van der Waals surface area contributed by atoms with Gasteiger partial charge < -0.3 is 5.32 Å². The molecule has 1 aromatic heterocycles. The number of rotatable bonds is 6. The van der Waals surface area contributed by atoms with E-state index >= 15 is 0 Å². The first-order valence-electron chi connectivity index (χ1n) is 9.72. The van der Waals surface area contributed by atoms with Crippen LogP contribution in [0.3, 0.4) is 0 Å². The van der Waals surface area contributed by atoms with E-state index in [1.807, 2.05) is 59.2 Å². The third kappa shape index (κ3) is 4.35. The minimum absolute atomic E-state index is 0.162. The van der Waals surface area contributed by atoms with Gasteiger partial charge >= 0.3 is 0 Å². The Morgan fingerprint density at radius 3 is 2.50 bits per heavy atom. The van der Waals surface area contributed by atoms with Gasteiger partial charge in [-0.2, -0.15) is 5.26 Å². The van der Waals surface area contributed by atoms with Gasteiger partial charge in [0.05, 0.1) is 11.8 Å². The van der Waals surface area contributed by atoms with Crippen molar-refractivity contribution in [3.8, 4) is 23.1 Å². The van der Waals surface area contributed by atoms with Gasteiger partial charge in [-0.1, -0.05) is 41.6 Å². The number of hydrogen-bond donors (Lipinski definition) is 1. The largest absolute Gasteiger partial charge is 0.337 e. The van der Waals surface area contributed by atoms with Crippen molar-refractivity contribution in [1.29, 1.82) is 5.26 Å². The third-order valence-electron chi connectivity index (χ3n) is 5.13. The van der Waals surface area contributed by atoms with Crippen LogP contribution in [0.25, 0.3) is 17.1 Å². The van der Waals surface area contributed by atoms with E-state index in [-0.39, 0.29) is 11.7 Å². The lowest BCUT2D eigenvalue weighted by molar-refractivity contribution is -0.119. The quantitative estimate of drug-likeness (QED) is 0.568. The van der Waals surface area contributed by atoms with Crippen LogP contribution in [-0.2, 0) is 4.79 Å². The monoisotopic (exact) mass is 437 g/mol. The molecule has 1 amide bonds. The van der Waals surface area contributed by atoms with Gasteiger partial charge in [0.2, 0.25) is 5.91 Å². The predicted molar refractivity (Wildman–Crippen MR) is 117 cm³/mol. The number of amides is 1. The molecule has 0 atom stereocenters. The molecule has 30 heavy (non-hydrogen) atoms. The Morgan fingerprint density at radius 1 is 1.13 bits per heavy atom. The van der Waals surface area contributed by atoms with Crippen LogP contribution in [0.2, 0.25) is 5.02 Å². The average molecular weight is 438 g/mol. The van der Waals surface area contributed by atoms with Crippen molar-refractivity contribution in [3.63, 3.8) is 0 Å². The first-order valence-corrected chi connectivity index (χ1v) is 11.1. The van der Waals surface area contributed by atoms with Gasteiger partial charge in [-0.25, -0.2) is 0 Å². The molecule has 1 heterocycles. The summed E-state index contributed by atoms with van der Waals surface area (Å²) in [5, 5.41) is 22.4. The highest BCUT2D eigenvalue weighted by molar-refractivity contribution is 7.99. The Kier molecular flexibility index (Phi) is 6.07. The number of carbonyl (C=O) groups excluding carboxylic acids is 1. The zero-order chi connectivity index (χ0) is 21.0. The van der Waals surface area contributed by atoms with Crippen molar-refractivity contribution in [2.45, 2.75) is 36.4 Å². The Hall–Kier alpha value is -2.82. The minimum atomic E-state index is -0.723. The maximum absolute atomic E-state index is 12.5. The Morgan fingerprint density at radius 2 is 1.83 bits per heavy atom. The van der Waals surface area contributed by atoms with Crippen molar-refractivity contribution < 1.29 is 4.79 Å². The summed E-state index contributed by atoms with van der Waals surface area (Å²) in [5.41, 5.74) is 1.06. The number of nitriles is 1. The summed E-state index contributed by atoms with van der Waals surface area (Å²) in [6, 6.07) is 19.5. The topological polar surface area (TPSA) is 83.6 Å². The second-order valence-corrected chi connectivity index (χ2v) is 8.60. The van der Waals surface area contributed by atoms with Gasteiger partial charge in [-0.3, -0.25) is 9.36 Å². The molecule has 2 aromatic carbocycles. The number of hydrogen-bond acceptors (Lipinski definition) is 5. The third-order valence-corrected chi connectivity index (χ3v) is 6.31. The first-order chi connectivity index (χ1) is 14.6. The lowest BCUT2D eigenvalue weighted by Gasteiger charge is -2.21. The molecule has 0 bridgehead atoms. The zero-order valence-electron chi connectivity index (χ0n) is 16.2. The summed E-state index contributed by atoms with van der Waals surface area (Å²) in [6.45, 7) is 0. The maximum Gasteiger partial charge on any atom is 0.231 e. The van der Waals surface area contributed by atoms with Crippen LogP contribution in [0, 0.1) is 11.3 Å². The van der Waals surface area contributed by atoms with Crippen molar-refractivity contribution in [1.82, 2.24) is 20.1 Å². The van der Waals surface area contributed by atoms with E-state index in [2.05, 4.69) is 21.6 Å². The van der Waals surface area contributed by atoms with E-state index in [9.17, 15) is 10.1 Å². The van der Waals surface area contributed by atoms with Gasteiger partial charge in [0.1, 0.15) is 5.54 Å². The molecule has 8 heteroatoms. The fourth-order valence-electron chi connectivity index (χ4n) is 3.64. The van der Waals surface area contributed by atoms with Crippen molar-refractivity contribution in [2.75, 3.05) is 5.75 Å². The summed E-state index contributed by atoms with van der Waals surface area (Å²) in [6.07, 6.45) is 3.35. The van der Waals surface area contributed by atoms with E-state index in [0.717, 1.165) is 24.1 Å². The summed E-state index contributed by atoms with van der Waals surface area (Å²) >= 11 is 7.33. The molecule has 0 unspecified atom stereocenters. The first kappa shape index (κ1) is 20.5. The molecule has 1 fully saturated rings. The number of benzene rings is 2. The molecule has 1 aliphatic rings. The SMILES string of the molecule is N#CC1(NC(=O)CSc2nnc(-c3ccc(Cl)cc3)n2-c2ccccc2)CCCC1. The molecular weight excluding hydrogens is 418 g/mol. The van der Waals surface area contributed by atoms with Gasteiger partial charge in [0.15, 0.2) is 11.0 Å². The fraction of sp³-hybridized carbons (Fsp3) is 0.273. The number of thioether (sulfide) groups is 1. The molecular formula is C22H20ClN5OS. The lowest BCUT2D eigenvalue weighted by atomic mass is 10.0. The summed E-state index contributed by atoms with van der Waals surface area (Å²) < 4.78 is 1.93. The molecule has 152 valence electrons. The molecule has 0 aliphatic heterocycles. The van der Waals surface area contributed by atoms with Gasteiger partial charge in [-0.15, -0.1) is 10.2 Å². The molecule has 6 nitrogen and oxygen atoms in total. The van der Waals surface area contributed by atoms with Crippen LogP contribution in [0.1, 0.15) is 25.7 Å². The van der Waals surface area contributed by atoms with E-state index in [4.69, 9.17) is 11.6 Å². The molecule has 4 rings (SSSR count). The standard InChI is InChI=1S/C22H20ClN5OS/c23-17-10-8-16(9-11-17)20-26-27-21(28(20)18-6-2-1-3-7-18)30-14-19(29)25-22(15-24)12-4-5-13-22/h1-3,6-11H,4-5,12-14H2,(H,25,29). The molecule has 0 saturated heterocycles. The summed E-state index contributed by atoms with van der Waals surface area (Å²) in [7, 11) is 0. The van der Waals surface area contributed by atoms with E-state index < -0.39 is 5.54 Å². The van der Waals surface area contributed by atoms with E-state index in [1.54, 1.807) is 0 Å². The highest BCUT2D eigenvalue weighted by Crippen LogP contribution is 2.31. The fourth-order valence-corrected chi connectivity index (χ4v) is 4.51. The van der Waals surface area contributed by atoms with Crippen LogP contribution < -0.4 is 5.32 Å². The Labute approximate surface area is 184 Å². The number of para-hydroxylation sites is 1. The molecule has 3 aromatic rings. The van der Waals surface area contributed by atoms with Crippen molar-refractivity contribution >= 4 is 29.3 Å². The summed E-state index contributed by atoms with van der Waals surface area (Å²) in [5.74, 6) is 0.666. The number of nitrogens with one attached hydrogen (secondary N) is 1. The van der Waals surface area contributed by atoms with Crippen LogP contribution in [0.15, 0.2) is 59.8 Å².